The Morgan fingerprint density at radius 1 is 1.19 bits per heavy atom. The quantitative estimate of drug-likeness (QED) is 0.709. The van der Waals surface area contributed by atoms with Gasteiger partial charge in [-0.1, -0.05) is 12.1 Å². The van der Waals surface area contributed by atoms with Gasteiger partial charge in [-0.2, -0.15) is 0 Å². The van der Waals surface area contributed by atoms with Crippen molar-refractivity contribution in [3.63, 3.8) is 0 Å². The predicted octanol–water partition coefficient (Wildman–Crippen LogP) is 2.87. The topological polar surface area (TPSA) is 116 Å². The van der Waals surface area contributed by atoms with E-state index >= 15 is 4.39 Å². The van der Waals surface area contributed by atoms with Crippen molar-refractivity contribution >= 4 is 15.9 Å². The zero-order chi connectivity index (χ0) is 23.3. The van der Waals surface area contributed by atoms with Gasteiger partial charge < -0.3 is 20.3 Å². The van der Waals surface area contributed by atoms with Crippen molar-refractivity contribution in [3.8, 4) is 5.75 Å². The number of hydrogen-bond donors (Lipinski definition) is 2. The van der Waals surface area contributed by atoms with Crippen LogP contribution in [-0.4, -0.2) is 37.9 Å². The number of rotatable bonds is 4. The highest BCUT2D eigenvalue weighted by atomic mass is 32.2. The van der Waals surface area contributed by atoms with E-state index in [-0.39, 0.29) is 16.9 Å². The Morgan fingerprint density at radius 2 is 1.84 bits per heavy atom. The Bertz CT molecular complexity index is 1170. The molecule has 2 aromatic rings. The molecule has 0 unspecified atom stereocenters. The SMILES string of the molecule is NC(=O)O[C@@H]1CC[C@@]2(S(=O)(=O)c3ccc(CF)cc3)c3c(F)ccc(F)c3OC[C@@]2(O)C1. The summed E-state index contributed by atoms with van der Waals surface area (Å²) in [7, 11) is -4.60. The first-order valence-electron chi connectivity index (χ1n) is 9.75. The van der Waals surface area contributed by atoms with E-state index in [2.05, 4.69) is 0 Å². The van der Waals surface area contributed by atoms with Gasteiger partial charge in [-0.25, -0.2) is 26.4 Å². The van der Waals surface area contributed by atoms with Crippen LogP contribution in [0.3, 0.4) is 0 Å². The summed E-state index contributed by atoms with van der Waals surface area (Å²) in [5.74, 6) is -2.66. The fraction of sp³-hybridized carbons (Fsp3) is 0.381. The molecular formula is C21H20F3NO6S. The highest BCUT2D eigenvalue weighted by molar-refractivity contribution is 7.92. The number of carbonyl (C=O) groups excluding carboxylic acids is 1. The van der Waals surface area contributed by atoms with Gasteiger partial charge in [0, 0.05) is 6.42 Å². The van der Waals surface area contributed by atoms with Crippen molar-refractivity contribution in [3.05, 3.63) is 59.2 Å². The number of alkyl halides is 1. The lowest BCUT2D eigenvalue weighted by molar-refractivity contribution is -0.114. The van der Waals surface area contributed by atoms with Crippen molar-refractivity contribution in [1.29, 1.82) is 0 Å². The molecule has 0 aromatic heterocycles. The average molecular weight is 471 g/mol. The van der Waals surface area contributed by atoms with Crippen LogP contribution in [-0.2, 0) is 26.0 Å². The Balaban J connectivity index is 1.97. The highest BCUT2D eigenvalue weighted by Crippen LogP contribution is 2.58. The molecule has 2 aliphatic rings. The summed E-state index contributed by atoms with van der Waals surface area (Å²) >= 11 is 0. The lowest BCUT2D eigenvalue weighted by Crippen LogP contribution is -2.66. The summed E-state index contributed by atoms with van der Waals surface area (Å²) in [6, 6.07) is 6.38. The first-order valence-corrected chi connectivity index (χ1v) is 11.2. The van der Waals surface area contributed by atoms with E-state index in [4.69, 9.17) is 15.2 Å². The van der Waals surface area contributed by atoms with Crippen molar-refractivity contribution in [2.45, 2.75) is 47.3 Å². The van der Waals surface area contributed by atoms with Gasteiger partial charge in [-0.15, -0.1) is 0 Å². The molecule has 1 aliphatic carbocycles. The van der Waals surface area contributed by atoms with E-state index in [0.717, 1.165) is 24.3 Å². The molecule has 0 bridgehead atoms. The van der Waals surface area contributed by atoms with Crippen LogP contribution in [0.2, 0.25) is 0 Å². The van der Waals surface area contributed by atoms with Crippen LogP contribution in [0.4, 0.5) is 18.0 Å². The third-order valence-electron chi connectivity index (χ3n) is 6.18. The summed E-state index contributed by atoms with van der Waals surface area (Å²) in [6.45, 7) is -1.52. The van der Waals surface area contributed by atoms with E-state index in [1.807, 2.05) is 0 Å². The number of fused-ring (bicyclic) bond motifs is 3. The molecule has 2 aromatic carbocycles. The summed E-state index contributed by atoms with van der Waals surface area (Å²) in [6.07, 6.45) is -3.03. The summed E-state index contributed by atoms with van der Waals surface area (Å²) in [4.78, 5) is 10.9. The van der Waals surface area contributed by atoms with Gasteiger partial charge in [-0.3, -0.25) is 0 Å². The minimum absolute atomic E-state index is 0.0948. The number of halogens is 3. The molecule has 1 aliphatic heterocycles. The number of sulfone groups is 1. The zero-order valence-electron chi connectivity index (χ0n) is 16.7. The first kappa shape index (κ1) is 22.4. The number of benzene rings is 2. The molecular weight excluding hydrogens is 451 g/mol. The molecule has 7 nitrogen and oxygen atoms in total. The molecule has 0 spiro atoms. The van der Waals surface area contributed by atoms with Crippen molar-refractivity contribution in [1.82, 2.24) is 0 Å². The molecule has 0 radical (unpaired) electrons. The van der Waals surface area contributed by atoms with Crippen LogP contribution in [0.1, 0.15) is 30.4 Å². The number of aliphatic hydroxyl groups is 1. The smallest absolute Gasteiger partial charge is 0.404 e. The predicted molar refractivity (Wildman–Crippen MR) is 105 cm³/mol. The second kappa shape index (κ2) is 7.66. The standard InChI is InChI=1S/C21H20F3NO6S/c22-10-12-1-3-14(4-2-12)32(28,29)21-8-7-13(31-19(25)26)9-20(21,27)11-30-18-16(24)6-5-15(23)17(18)21/h1-6,13,27H,7-11H2,(H2,25,26)/t13-,20+,21-/m1/s1. The molecule has 1 amide bonds. The number of nitrogens with two attached hydrogens (primary N) is 1. The van der Waals surface area contributed by atoms with Crippen LogP contribution >= 0.6 is 0 Å². The Hall–Kier alpha value is -2.79. The zero-order valence-corrected chi connectivity index (χ0v) is 17.5. The molecule has 0 saturated heterocycles. The molecule has 1 saturated carbocycles. The molecule has 1 fully saturated rings. The summed E-state index contributed by atoms with van der Waals surface area (Å²) < 4.78 is 78.5. The third-order valence-corrected chi connectivity index (χ3v) is 8.78. The fourth-order valence-corrected chi connectivity index (χ4v) is 7.14. The van der Waals surface area contributed by atoms with Crippen LogP contribution in [0, 0.1) is 11.6 Å². The molecule has 172 valence electrons. The van der Waals surface area contributed by atoms with Gasteiger partial charge in [0.25, 0.3) is 0 Å². The van der Waals surface area contributed by atoms with Gasteiger partial charge in [-0.05, 0) is 42.7 Å². The van der Waals surface area contributed by atoms with Crippen LogP contribution in [0.15, 0.2) is 41.3 Å². The van der Waals surface area contributed by atoms with Gasteiger partial charge >= 0.3 is 6.09 Å². The van der Waals surface area contributed by atoms with E-state index < -0.39 is 81.5 Å². The van der Waals surface area contributed by atoms with E-state index in [0.29, 0.717) is 0 Å². The minimum atomic E-state index is -4.60. The molecule has 3 N–H and O–H groups in total. The largest absolute Gasteiger partial charge is 0.487 e. The number of ether oxygens (including phenoxy) is 2. The van der Waals surface area contributed by atoms with Crippen LogP contribution in [0.5, 0.6) is 5.75 Å². The Morgan fingerprint density at radius 3 is 2.47 bits per heavy atom. The van der Waals surface area contributed by atoms with Gasteiger partial charge in [0.1, 0.15) is 35.6 Å². The first-order chi connectivity index (χ1) is 15.1. The van der Waals surface area contributed by atoms with Crippen molar-refractivity contribution in [2.75, 3.05) is 6.61 Å². The second-order valence-electron chi connectivity index (χ2n) is 7.96. The van der Waals surface area contributed by atoms with E-state index in [1.54, 1.807) is 0 Å². The normalized spacial score (nSPS) is 27.1. The number of primary amides is 1. The highest BCUT2D eigenvalue weighted by Gasteiger charge is 2.68. The Kier molecular flexibility index (Phi) is 5.36. The minimum Gasteiger partial charge on any atom is -0.487 e. The Labute approximate surface area is 181 Å². The molecule has 32 heavy (non-hydrogen) atoms. The summed E-state index contributed by atoms with van der Waals surface area (Å²) in [5.41, 5.74) is 2.37. The lowest BCUT2D eigenvalue weighted by Gasteiger charge is -2.53. The van der Waals surface area contributed by atoms with Crippen LogP contribution < -0.4 is 10.5 Å². The molecule has 3 atom stereocenters. The molecule has 1 heterocycles. The van der Waals surface area contributed by atoms with Gasteiger partial charge in [0.05, 0.1) is 10.5 Å². The number of amides is 1. The summed E-state index contributed by atoms with van der Waals surface area (Å²) in [5, 5.41) is 11.6. The van der Waals surface area contributed by atoms with Gasteiger partial charge in [0.15, 0.2) is 21.4 Å². The van der Waals surface area contributed by atoms with Gasteiger partial charge in [0.2, 0.25) is 0 Å². The van der Waals surface area contributed by atoms with E-state index in [1.165, 1.54) is 12.1 Å². The van der Waals surface area contributed by atoms with E-state index in [9.17, 15) is 27.1 Å². The maximum absolute atomic E-state index is 15.1. The lowest BCUT2D eigenvalue weighted by atomic mass is 9.68. The maximum Gasteiger partial charge on any atom is 0.404 e. The van der Waals surface area contributed by atoms with Crippen LogP contribution in [0.25, 0.3) is 0 Å². The average Bonchev–Trinajstić information content (AvgIpc) is 2.74. The molecule has 11 heteroatoms. The monoisotopic (exact) mass is 471 g/mol. The number of carbonyl (C=O) groups is 1. The third kappa shape index (κ3) is 3.14. The molecule has 4 rings (SSSR count). The van der Waals surface area contributed by atoms with Crippen molar-refractivity contribution in [2.24, 2.45) is 5.73 Å². The maximum atomic E-state index is 15.1. The second-order valence-corrected chi connectivity index (χ2v) is 10.1. The number of hydrogen-bond acceptors (Lipinski definition) is 6. The fourth-order valence-electron chi connectivity index (χ4n) is 4.76. The van der Waals surface area contributed by atoms with Crippen molar-refractivity contribution < 1.29 is 41.0 Å².